The molecule has 2 fully saturated rings. The number of ether oxygens (including phenoxy) is 1. The second kappa shape index (κ2) is 10.1. The monoisotopic (exact) mass is 489 g/mol. The maximum Gasteiger partial charge on any atom is 0.246 e. The molecule has 4 rings (SSSR count). The van der Waals surface area contributed by atoms with Crippen LogP contribution in [-0.4, -0.2) is 85.3 Å². The Morgan fingerprint density at radius 3 is 2.53 bits per heavy atom. The normalized spacial score (nSPS) is 20.1. The maximum absolute atomic E-state index is 13.2. The van der Waals surface area contributed by atoms with Gasteiger partial charge in [-0.15, -0.1) is 0 Å². The van der Waals surface area contributed by atoms with E-state index in [1.807, 2.05) is 4.90 Å². The smallest absolute Gasteiger partial charge is 0.246 e. The van der Waals surface area contributed by atoms with Gasteiger partial charge < -0.3 is 14.5 Å². The number of benzene rings is 1. The van der Waals surface area contributed by atoms with E-state index in [0.29, 0.717) is 57.3 Å². The third kappa shape index (κ3) is 4.99. The summed E-state index contributed by atoms with van der Waals surface area (Å²) < 4.78 is 34.7. The molecule has 34 heavy (non-hydrogen) atoms. The molecule has 3 heterocycles. The van der Waals surface area contributed by atoms with Gasteiger partial charge in [0.1, 0.15) is 4.90 Å². The van der Waals surface area contributed by atoms with Crippen LogP contribution in [0.4, 0.5) is 5.69 Å². The van der Waals surface area contributed by atoms with Crippen molar-refractivity contribution in [2.75, 3.05) is 50.8 Å². The Morgan fingerprint density at radius 1 is 1.12 bits per heavy atom. The molecule has 186 valence electrons. The van der Waals surface area contributed by atoms with Crippen molar-refractivity contribution in [1.82, 2.24) is 19.0 Å². The second-order valence-electron chi connectivity index (χ2n) is 9.21. The molecule has 0 bridgehead atoms. The van der Waals surface area contributed by atoms with Crippen molar-refractivity contribution in [2.45, 2.75) is 51.6 Å². The Bertz CT molecular complexity index is 1140. The topological polar surface area (TPSA) is 88.0 Å². The first kappa shape index (κ1) is 24.7. The summed E-state index contributed by atoms with van der Waals surface area (Å²) >= 11 is 0. The first-order valence-corrected chi connectivity index (χ1v) is 13.4. The van der Waals surface area contributed by atoms with Crippen LogP contribution in [0.5, 0.6) is 0 Å². The summed E-state index contributed by atoms with van der Waals surface area (Å²) in [7, 11) is -3.64. The van der Waals surface area contributed by atoms with Gasteiger partial charge >= 0.3 is 0 Å². The van der Waals surface area contributed by atoms with Gasteiger partial charge in [-0.05, 0) is 45.4 Å². The Labute approximate surface area is 202 Å². The summed E-state index contributed by atoms with van der Waals surface area (Å²) in [4.78, 5) is 17.5. The molecule has 0 radical (unpaired) electrons. The lowest BCUT2D eigenvalue weighted by molar-refractivity contribution is -0.132. The van der Waals surface area contributed by atoms with Gasteiger partial charge in [0.05, 0.1) is 31.1 Å². The molecular weight excluding hydrogens is 454 g/mol. The average Bonchev–Trinajstić information content (AvgIpc) is 3.11. The fourth-order valence-electron chi connectivity index (χ4n) is 4.92. The number of hydrogen-bond donors (Lipinski definition) is 0. The minimum atomic E-state index is -3.64. The SMILES string of the molecule is Cc1cccc(N2CCN(C(=O)CCn3nc(C)c(S(=O)(=O)N4CCOCC4)c3C)CC2C)c1. The Kier molecular flexibility index (Phi) is 7.30. The van der Waals surface area contributed by atoms with Gasteiger partial charge in [-0.2, -0.15) is 9.40 Å². The molecule has 1 unspecified atom stereocenters. The van der Waals surface area contributed by atoms with Crippen LogP contribution >= 0.6 is 0 Å². The van der Waals surface area contributed by atoms with Crippen molar-refractivity contribution in [1.29, 1.82) is 0 Å². The molecule has 0 saturated carbocycles. The summed E-state index contributed by atoms with van der Waals surface area (Å²) in [5.74, 6) is 0.0703. The van der Waals surface area contributed by atoms with Gasteiger partial charge in [0, 0.05) is 50.9 Å². The van der Waals surface area contributed by atoms with Crippen LogP contribution in [-0.2, 0) is 26.1 Å². The standard InChI is InChI=1S/C24H35N5O4S/c1-18-6-5-7-22(16-18)28-11-10-26(17-19(28)2)23(30)8-9-29-21(4)24(20(3)25-29)34(31,32)27-12-14-33-15-13-27/h5-7,16,19H,8-15,17H2,1-4H3. The number of hydrogen-bond acceptors (Lipinski definition) is 6. The van der Waals surface area contributed by atoms with E-state index in [4.69, 9.17) is 4.74 Å². The maximum atomic E-state index is 13.2. The van der Waals surface area contributed by atoms with Gasteiger partial charge in [0.15, 0.2) is 0 Å². The highest BCUT2D eigenvalue weighted by atomic mass is 32.2. The third-order valence-corrected chi connectivity index (χ3v) is 8.89. The fraction of sp³-hybridized carbons (Fsp3) is 0.583. The van der Waals surface area contributed by atoms with Crippen molar-refractivity contribution < 1.29 is 17.9 Å². The summed E-state index contributed by atoms with van der Waals surface area (Å²) in [6, 6.07) is 8.67. The van der Waals surface area contributed by atoms with Crippen LogP contribution in [0.2, 0.25) is 0 Å². The van der Waals surface area contributed by atoms with Gasteiger partial charge in [0.25, 0.3) is 0 Å². The van der Waals surface area contributed by atoms with Crippen LogP contribution in [0.25, 0.3) is 0 Å². The van der Waals surface area contributed by atoms with Crippen LogP contribution < -0.4 is 4.90 Å². The Morgan fingerprint density at radius 2 is 1.85 bits per heavy atom. The zero-order chi connectivity index (χ0) is 24.5. The molecule has 2 aromatic rings. The van der Waals surface area contributed by atoms with E-state index in [1.54, 1.807) is 18.5 Å². The summed E-state index contributed by atoms with van der Waals surface area (Å²) in [6.45, 7) is 11.7. The van der Waals surface area contributed by atoms with E-state index < -0.39 is 10.0 Å². The molecule has 0 aliphatic carbocycles. The van der Waals surface area contributed by atoms with E-state index in [9.17, 15) is 13.2 Å². The molecule has 0 spiro atoms. The predicted molar refractivity (Wildman–Crippen MR) is 130 cm³/mol. The highest BCUT2D eigenvalue weighted by molar-refractivity contribution is 7.89. The number of carbonyl (C=O) groups excluding carboxylic acids is 1. The quantitative estimate of drug-likeness (QED) is 0.617. The fourth-order valence-corrected chi connectivity index (χ4v) is 6.70. The number of amides is 1. The molecule has 2 aliphatic heterocycles. The molecule has 1 aromatic carbocycles. The number of carbonyl (C=O) groups is 1. The number of aryl methyl sites for hydroxylation is 3. The molecule has 2 aliphatic rings. The molecule has 1 atom stereocenters. The minimum absolute atomic E-state index is 0.0703. The Balaban J connectivity index is 1.39. The first-order valence-electron chi connectivity index (χ1n) is 11.9. The number of morpholine rings is 1. The zero-order valence-electron chi connectivity index (χ0n) is 20.5. The predicted octanol–water partition coefficient (Wildman–Crippen LogP) is 1.96. The van der Waals surface area contributed by atoms with Crippen LogP contribution in [0.15, 0.2) is 29.2 Å². The number of aromatic nitrogens is 2. The van der Waals surface area contributed by atoms with Crippen LogP contribution in [0.1, 0.15) is 30.3 Å². The van der Waals surface area contributed by atoms with Crippen LogP contribution in [0.3, 0.4) is 0 Å². The van der Waals surface area contributed by atoms with E-state index in [1.165, 1.54) is 15.6 Å². The van der Waals surface area contributed by atoms with Crippen LogP contribution in [0, 0.1) is 20.8 Å². The zero-order valence-corrected chi connectivity index (χ0v) is 21.3. The molecule has 1 amide bonds. The lowest BCUT2D eigenvalue weighted by Gasteiger charge is -2.41. The molecule has 10 heteroatoms. The molecular formula is C24H35N5O4S. The summed E-state index contributed by atoms with van der Waals surface area (Å²) in [5, 5.41) is 4.46. The van der Waals surface area contributed by atoms with Crippen molar-refractivity contribution in [3.8, 4) is 0 Å². The highest BCUT2D eigenvalue weighted by Gasteiger charge is 2.32. The molecule has 9 nitrogen and oxygen atoms in total. The van der Waals surface area contributed by atoms with Gasteiger partial charge in [-0.3, -0.25) is 9.48 Å². The lowest BCUT2D eigenvalue weighted by Crippen LogP contribution is -2.53. The minimum Gasteiger partial charge on any atom is -0.379 e. The number of nitrogens with zero attached hydrogens (tertiary/aromatic N) is 5. The average molecular weight is 490 g/mol. The first-order chi connectivity index (χ1) is 16.2. The van der Waals surface area contributed by atoms with Gasteiger partial charge in [-0.1, -0.05) is 12.1 Å². The lowest BCUT2D eigenvalue weighted by atomic mass is 10.1. The van der Waals surface area contributed by atoms with Gasteiger partial charge in [0.2, 0.25) is 15.9 Å². The molecule has 0 N–H and O–H groups in total. The third-order valence-electron chi connectivity index (χ3n) is 6.73. The number of anilines is 1. The second-order valence-corrected chi connectivity index (χ2v) is 11.1. The van der Waals surface area contributed by atoms with E-state index in [2.05, 4.69) is 48.1 Å². The molecule has 2 saturated heterocycles. The molecule has 1 aromatic heterocycles. The van der Waals surface area contributed by atoms with Crippen molar-refractivity contribution in [2.24, 2.45) is 0 Å². The largest absolute Gasteiger partial charge is 0.379 e. The van der Waals surface area contributed by atoms with Gasteiger partial charge in [-0.25, -0.2) is 8.42 Å². The van der Waals surface area contributed by atoms with E-state index in [-0.39, 0.29) is 23.3 Å². The summed E-state index contributed by atoms with van der Waals surface area (Å²) in [5.41, 5.74) is 3.46. The number of rotatable bonds is 6. The Hall–Kier alpha value is -2.43. The van der Waals surface area contributed by atoms with E-state index in [0.717, 1.165) is 6.54 Å². The number of piperazine rings is 1. The van der Waals surface area contributed by atoms with Crippen molar-refractivity contribution in [3.63, 3.8) is 0 Å². The van der Waals surface area contributed by atoms with Crippen molar-refractivity contribution >= 4 is 21.6 Å². The van der Waals surface area contributed by atoms with E-state index >= 15 is 0 Å². The number of sulfonamides is 1. The summed E-state index contributed by atoms with van der Waals surface area (Å²) in [6.07, 6.45) is 0.288. The highest BCUT2D eigenvalue weighted by Crippen LogP contribution is 2.25. The van der Waals surface area contributed by atoms with Crippen molar-refractivity contribution in [3.05, 3.63) is 41.2 Å².